The number of nitrogens with two attached hydrogens (primary N) is 1. The summed E-state index contributed by atoms with van der Waals surface area (Å²) < 4.78 is 33.6. The summed E-state index contributed by atoms with van der Waals surface area (Å²) in [6, 6.07) is 17.6. The molecular formula is C24H25N3O5S. The van der Waals surface area contributed by atoms with Crippen LogP contribution in [0, 0.1) is 13.8 Å². The molecule has 0 saturated heterocycles. The third-order valence-electron chi connectivity index (χ3n) is 4.97. The molecule has 172 valence electrons. The van der Waals surface area contributed by atoms with Crippen LogP contribution in [0.15, 0.2) is 71.6 Å². The first-order valence-electron chi connectivity index (χ1n) is 10.1. The van der Waals surface area contributed by atoms with Crippen LogP contribution in [0.3, 0.4) is 0 Å². The van der Waals surface area contributed by atoms with E-state index in [9.17, 15) is 18.0 Å². The summed E-state index contributed by atoms with van der Waals surface area (Å²) in [5.41, 5.74) is 7.60. The van der Waals surface area contributed by atoms with Crippen molar-refractivity contribution in [3.63, 3.8) is 0 Å². The predicted molar refractivity (Wildman–Crippen MR) is 127 cm³/mol. The summed E-state index contributed by atoms with van der Waals surface area (Å²) in [6.45, 7) is 3.10. The zero-order valence-electron chi connectivity index (χ0n) is 18.5. The van der Waals surface area contributed by atoms with Crippen molar-refractivity contribution in [2.75, 3.05) is 23.3 Å². The number of nitrogens with zero attached hydrogens (tertiary/aromatic N) is 1. The maximum absolute atomic E-state index is 13.6. The lowest BCUT2D eigenvalue weighted by Crippen LogP contribution is -2.38. The van der Waals surface area contributed by atoms with Gasteiger partial charge in [-0.15, -0.1) is 0 Å². The van der Waals surface area contributed by atoms with Crippen molar-refractivity contribution < 1.29 is 22.7 Å². The zero-order valence-corrected chi connectivity index (χ0v) is 19.3. The van der Waals surface area contributed by atoms with Gasteiger partial charge < -0.3 is 15.8 Å². The molecule has 3 N–H and O–H groups in total. The van der Waals surface area contributed by atoms with E-state index in [1.807, 2.05) is 13.8 Å². The first kappa shape index (κ1) is 23.8. The first-order chi connectivity index (χ1) is 15.6. The first-order valence-corrected chi connectivity index (χ1v) is 11.5. The van der Waals surface area contributed by atoms with Crippen LogP contribution in [0.1, 0.15) is 21.5 Å². The van der Waals surface area contributed by atoms with Gasteiger partial charge in [-0.2, -0.15) is 0 Å². The van der Waals surface area contributed by atoms with Gasteiger partial charge in [-0.05, 0) is 55.8 Å². The Bertz CT molecular complexity index is 1290. The lowest BCUT2D eigenvalue weighted by Gasteiger charge is -2.26. The normalized spacial score (nSPS) is 11.0. The number of amides is 2. The van der Waals surface area contributed by atoms with E-state index in [-0.39, 0.29) is 21.8 Å². The summed E-state index contributed by atoms with van der Waals surface area (Å²) in [4.78, 5) is 24.7. The quantitative estimate of drug-likeness (QED) is 0.527. The maximum atomic E-state index is 13.6. The number of carbonyl (C=O) groups excluding carboxylic acids is 2. The monoisotopic (exact) mass is 467 g/mol. The second-order valence-corrected chi connectivity index (χ2v) is 9.32. The van der Waals surface area contributed by atoms with E-state index in [2.05, 4.69) is 5.32 Å². The molecular weight excluding hydrogens is 442 g/mol. The number of para-hydroxylation sites is 1. The van der Waals surface area contributed by atoms with Crippen molar-refractivity contribution in [2.24, 2.45) is 5.73 Å². The number of benzene rings is 3. The molecule has 0 unspecified atom stereocenters. The van der Waals surface area contributed by atoms with Crippen molar-refractivity contribution in [1.29, 1.82) is 0 Å². The van der Waals surface area contributed by atoms with Crippen LogP contribution in [0.5, 0.6) is 5.75 Å². The molecule has 0 saturated carbocycles. The molecule has 0 bridgehead atoms. The highest BCUT2D eigenvalue weighted by atomic mass is 32.2. The molecule has 0 fully saturated rings. The average molecular weight is 468 g/mol. The van der Waals surface area contributed by atoms with Gasteiger partial charge in [-0.1, -0.05) is 35.9 Å². The minimum atomic E-state index is -4.13. The van der Waals surface area contributed by atoms with Crippen LogP contribution < -0.4 is 20.1 Å². The van der Waals surface area contributed by atoms with E-state index in [4.69, 9.17) is 10.5 Å². The van der Waals surface area contributed by atoms with E-state index in [0.29, 0.717) is 5.75 Å². The Hall–Kier alpha value is -3.85. The van der Waals surface area contributed by atoms with Crippen LogP contribution in [-0.2, 0) is 14.8 Å². The number of primary amides is 1. The molecule has 0 radical (unpaired) electrons. The summed E-state index contributed by atoms with van der Waals surface area (Å²) >= 11 is 0. The number of anilines is 2. The highest BCUT2D eigenvalue weighted by Gasteiger charge is 2.30. The Kier molecular flexibility index (Phi) is 7.03. The number of hydrogen-bond acceptors (Lipinski definition) is 5. The number of aryl methyl sites for hydroxylation is 2. The van der Waals surface area contributed by atoms with Crippen LogP contribution in [0.4, 0.5) is 11.4 Å². The maximum Gasteiger partial charge on any atom is 0.264 e. The summed E-state index contributed by atoms with van der Waals surface area (Å²) in [5, 5.41) is 2.59. The van der Waals surface area contributed by atoms with Crippen LogP contribution in [0.25, 0.3) is 0 Å². The average Bonchev–Trinajstić information content (AvgIpc) is 2.78. The molecule has 0 heterocycles. The number of rotatable bonds is 8. The Morgan fingerprint density at radius 1 is 0.970 bits per heavy atom. The molecule has 0 aliphatic rings. The largest absolute Gasteiger partial charge is 0.495 e. The van der Waals surface area contributed by atoms with Crippen LogP contribution >= 0.6 is 0 Å². The fourth-order valence-corrected chi connectivity index (χ4v) is 4.68. The number of hydrogen-bond donors (Lipinski definition) is 2. The fraction of sp³-hybridized carbons (Fsp3) is 0.167. The van der Waals surface area contributed by atoms with Crippen molar-refractivity contribution in [3.05, 3.63) is 83.4 Å². The smallest absolute Gasteiger partial charge is 0.264 e. The number of carbonyl (C=O) groups is 2. The third kappa shape index (κ3) is 5.32. The molecule has 8 nitrogen and oxygen atoms in total. The molecule has 0 aliphatic heterocycles. The molecule has 0 aliphatic carbocycles. The number of methoxy groups -OCH3 is 1. The van der Waals surface area contributed by atoms with Gasteiger partial charge in [0.2, 0.25) is 5.91 Å². The number of sulfonamides is 1. The molecule has 3 aromatic rings. The third-order valence-corrected chi connectivity index (χ3v) is 6.74. The van der Waals surface area contributed by atoms with Gasteiger partial charge in [0, 0.05) is 0 Å². The summed E-state index contributed by atoms with van der Waals surface area (Å²) in [7, 11) is -2.71. The second kappa shape index (κ2) is 9.74. The molecule has 3 rings (SSSR count). The van der Waals surface area contributed by atoms with Gasteiger partial charge >= 0.3 is 0 Å². The van der Waals surface area contributed by atoms with Gasteiger partial charge in [0.25, 0.3) is 15.9 Å². The van der Waals surface area contributed by atoms with E-state index in [0.717, 1.165) is 15.4 Å². The summed E-state index contributed by atoms with van der Waals surface area (Å²) in [6.07, 6.45) is 0. The van der Waals surface area contributed by atoms with Gasteiger partial charge in [0.15, 0.2) is 0 Å². The lowest BCUT2D eigenvalue weighted by atomic mass is 10.1. The predicted octanol–water partition coefficient (Wildman–Crippen LogP) is 3.24. The van der Waals surface area contributed by atoms with Crippen molar-refractivity contribution >= 4 is 33.2 Å². The Morgan fingerprint density at radius 2 is 1.61 bits per heavy atom. The SMILES string of the molecule is COc1ccc(C)cc1N(CC(=O)Nc1ccccc1C(N)=O)S(=O)(=O)c1ccc(C)cc1. The molecule has 2 amide bonds. The van der Waals surface area contributed by atoms with Crippen molar-refractivity contribution in [2.45, 2.75) is 18.7 Å². The van der Waals surface area contributed by atoms with E-state index >= 15 is 0 Å². The molecule has 9 heteroatoms. The minimum absolute atomic E-state index is 0.0296. The Morgan fingerprint density at radius 3 is 2.24 bits per heavy atom. The zero-order chi connectivity index (χ0) is 24.2. The molecule has 0 atom stereocenters. The minimum Gasteiger partial charge on any atom is -0.495 e. The topological polar surface area (TPSA) is 119 Å². The van der Waals surface area contributed by atoms with Gasteiger partial charge in [-0.25, -0.2) is 8.42 Å². The Balaban J connectivity index is 2.05. The highest BCUT2D eigenvalue weighted by molar-refractivity contribution is 7.92. The summed E-state index contributed by atoms with van der Waals surface area (Å²) in [5.74, 6) is -1.07. The van der Waals surface area contributed by atoms with E-state index in [1.54, 1.807) is 42.5 Å². The van der Waals surface area contributed by atoms with E-state index < -0.39 is 28.4 Å². The number of nitrogens with one attached hydrogen (secondary N) is 1. The van der Waals surface area contributed by atoms with Gasteiger partial charge in [0.05, 0.1) is 28.9 Å². The van der Waals surface area contributed by atoms with Crippen molar-refractivity contribution in [3.8, 4) is 5.75 Å². The van der Waals surface area contributed by atoms with E-state index in [1.165, 1.54) is 31.4 Å². The number of ether oxygens (including phenoxy) is 1. The van der Waals surface area contributed by atoms with Crippen LogP contribution in [0.2, 0.25) is 0 Å². The lowest BCUT2D eigenvalue weighted by molar-refractivity contribution is -0.114. The standard InChI is InChI=1S/C24H25N3O5S/c1-16-8-11-18(12-9-16)33(30,31)27(21-14-17(2)10-13-22(21)32-3)15-23(28)26-20-7-5-4-6-19(20)24(25)29/h4-14H,15H2,1-3H3,(H2,25,29)(H,26,28). The molecule has 0 spiro atoms. The second-order valence-electron chi connectivity index (χ2n) is 7.46. The van der Waals surface area contributed by atoms with Crippen LogP contribution in [-0.4, -0.2) is 33.9 Å². The highest BCUT2D eigenvalue weighted by Crippen LogP contribution is 2.33. The molecule has 33 heavy (non-hydrogen) atoms. The van der Waals surface area contributed by atoms with Gasteiger partial charge in [-0.3, -0.25) is 13.9 Å². The molecule has 3 aromatic carbocycles. The Labute approximate surface area is 193 Å². The van der Waals surface area contributed by atoms with Gasteiger partial charge in [0.1, 0.15) is 12.3 Å². The molecule has 0 aromatic heterocycles. The fourth-order valence-electron chi connectivity index (χ4n) is 3.26. The van der Waals surface area contributed by atoms with Crippen molar-refractivity contribution in [1.82, 2.24) is 0 Å².